The van der Waals surface area contributed by atoms with Gasteiger partial charge in [0.25, 0.3) is 0 Å². The lowest BCUT2D eigenvalue weighted by Gasteiger charge is -2.35. The Morgan fingerprint density at radius 2 is 0.922 bits per heavy atom. The molecule has 3 atom stereocenters. The molecule has 51 heavy (non-hydrogen) atoms. The number of H-pyrrole nitrogens is 2. The maximum Gasteiger partial charge on any atom is 0.320 e. The van der Waals surface area contributed by atoms with Gasteiger partial charge in [0.05, 0.1) is 0 Å². The third kappa shape index (κ3) is 17.3. The average Bonchev–Trinajstić information content (AvgIpc) is 3.77. The van der Waals surface area contributed by atoms with Crippen molar-refractivity contribution in [2.45, 2.75) is 209 Å². The van der Waals surface area contributed by atoms with Gasteiger partial charge >= 0.3 is 5.97 Å². The molecule has 0 spiro atoms. The summed E-state index contributed by atoms with van der Waals surface area (Å²) in [6.07, 6.45) is 10.4. The summed E-state index contributed by atoms with van der Waals surface area (Å²) >= 11 is 0. The topological polar surface area (TPSA) is 130 Å². The highest BCUT2D eigenvalue weighted by molar-refractivity contribution is 5.73. The number of nitrogens with zero attached hydrogens (tertiary/aromatic N) is 7. The maximum atomic E-state index is 10.8. The summed E-state index contributed by atoms with van der Waals surface area (Å²) in [5, 5.41) is 22.0. The molecular weight excluding hydrogens is 639 g/mol. The van der Waals surface area contributed by atoms with Crippen molar-refractivity contribution in [1.82, 2.24) is 45.1 Å². The first kappa shape index (κ1) is 48.6. The lowest BCUT2D eigenvalue weighted by Crippen LogP contribution is -2.47. The van der Waals surface area contributed by atoms with Gasteiger partial charge in [0.2, 0.25) is 0 Å². The standard InChI is InChI=1S/C9H17NO2.2C9H19N.2C6H11N3.CH4/c1-9(2,3)10-6-4-5-7(10)8(11)12;2*1-8-6-5-7-10(8)9(2,3)4;2*1-6(2,3)5-7-4-8-9-5;/h7H,4-6H2,1-3H3,(H,11,12);2*8H,5-7H2,1-4H3;2*4H,1-3H3,(H,7,8,9);1H4/t7-;8-;;;;/m00..../s1. The minimum absolute atomic E-state index is 0. The predicted octanol–water partition coefficient (Wildman–Crippen LogP) is 8.71. The second-order valence-corrected chi connectivity index (χ2v) is 19.2. The Kier molecular flexibility index (Phi) is 19.2. The van der Waals surface area contributed by atoms with E-state index in [4.69, 9.17) is 5.11 Å². The van der Waals surface area contributed by atoms with Crippen molar-refractivity contribution >= 4 is 5.97 Å². The molecule has 11 heteroatoms. The molecule has 0 bridgehead atoms. The number of likely N-dealkylation sites (tertiary alicyclic amines) is 3. The van der Waals surface area contributed by atoms with E-state index >= 15 is 0 Å². The molecule has 0 saturated carbocycles. The Balaban J connectivity index is 0.000000612. The Morgan fingerprint density at radius 3 is 1.08 bits per heavy atom. The van der Waals surface area contributed by atoms with Crippen LogP contribution >= 0.6 is 0 Å². The smallest absolute Gasteiger partial charge is 0.320 e. The number of rotatable bonds is 1. The molecule has 1 unspecified atom stereocenters. The van der Waals surface area contributed by atoms with E-state index in [2.05, 4.69) is 163 Å². The number of hydrogen-bond acceptors (Lipinski definition) is 8. The molecule has 3 saturated heterocycles. The van der Waals surface area contributed by atoms with Crippen LogP contribution in [0.1, 0.15) is 175 Å². The maximum absolute atomic E-state index is 10.8. The van der Waals surface area contributed by atoms with Crippen molar-refractivity contribution in [3.8, 4) is 0 Å². The first-order chi connectivity index (χ1) is 22.7. The monoisotopic (exact) mass is 720 g/mol. The molecule has 3 N–H and O–H groups in total. The van der Waals surface area contributed by atoms with E-state index in [1.54, 1.807) is 0 Å². The zero-order chi connectivity index (χ0) is 38.7. The van der Waals surface area contributed by atoms with Crippen LogP contribution in [0.25, 0.3) is 0 Å². The van der Waals surface area contributed by atoms with Gasteiger partial charge in [0.1, 0.15) is 30.3 Å². The highest BCUT2D eigenvalue weighted by Crippen LogP contribution is 2.27. The number of aliphatic carboxylic acids is 1. The average molecular weight is 720 g/mol. The molecule has 0 amide bonds. The van der Waals surface area contributed by atoms with Crippen molar-refractivity contribution in [3.05, 3.63) is 24.3 Å². The summed E-state index contributed by atoms with van der Waals surface area (Å²) < 4.78 is 0. The Hall–Kier alpha value is -2.37. The fourth-order valence-corrected chi connectivity index (χ4v) is 6.82. The van der Waals surface area contributed by atoms with Crippen LogP contribution in [0.4, 0.5) is 0 Å². The van der Waals surface area contributed by atoms with Crippen LogP contribution in [0.15, 0.2) is 12.7 Å². The van der Waals surface area contributed by atoms with E-state index in [1.807, 2.05) is 0 Å². The molecule has 3 aliphatic rings. The van der Waals surface area contributed by atoms with Crippen LogP contribution in [0, 0.1) is 0 Å². The normalized spacial score (nSPS) is 21.9. The molecule has 3 aliphatic heterocycles. The molecule has 0 aliphatic carbocycles. The molecular formula is C40H81N9O2. The van der Waals surface area contributed by atoms with Gasteiger partial charge in [-0.25, -0.2) is 9.97 Å². The number of carboxylic acid groups (broad SMARTS) is 1. The fraction of sp³-hybridized carbons (Fsp3) is 0.875. The molecule has 5 heterocycles. The lowest BCUT2D eigenvalue weighted by atomic mass is 9.96. The highest BCUT2D eigenvalue weighted by Gasteiger charge is 2.37. The number of aromatic amines is 2. The van der Waals surface area contributed by atoms with Crippen LogP contribution in [-0.4, -0.2) is 111 Å². The van der Waals surface area contributed by atoms with E-state index < -0.39 is 5.97 Å². The van der Waals surface area contributed by atoms with E-state index in [0.29, 0.717) is 11.1 Å². The Morgan fingerprint density at radius 1 is 0.608 bits per heavy atom. The molecule has 2 aromatic heterocycles. The SMILES string of the molecule is C.CC(C)(C)N1CCC[C@H]1C(=O)O.CC(C)(C)c1ncn[nH]1.CC(C)(C)c1ncn[nH]1.CC1CCCN1C(C)(C)C.C[C@H]1CCCN1C(C)(C)C. The summed E-state index contributed by atoms with van der Waals surface area (Å²) in [7, 11) is 0. The van der Waals surface area contributed by atoms with Crippen LogP contribution in [-0.2, 0) is 15.6 Å². The predicted molar refractivity (Wildman–Crippen MR) is 214 cm³/mol. The number of hydrogen-bond donors (Lipinski definition) is 3. The Labute approximate surface area is 313 Å². The third-order valence-electron chi connectivity index (χ3n) is 9.48. The lowest BCUT2D eigenvalue weighted by molar-refractivity contribution is -0.143. The van der Waals surface area contributed by atoms with Gasteiger partial charge in [-0.2, -0.15) is 10.2 Å². The second-order valence-electron chi connectivity index (χ2n) is 19.2. The second kappa shape index (κ2) is 20.2. The zero-order valence-corrected chi connectivity index (χ0v) is 35.2. The van der Waals surface area contributed by atoms with Gasteiger partial charge in [-0.15, -0.1) is 0 Å². The molecule has 0 radical (unpaired) electrons. The number of nitrogens with one attached hydrogen (secondary N) is 2. The summed E-state index contributed by atoms with van der Waals surface area (Å²) in [5.41, 5.74) is 0.943. The van der Waals surface area contributed by atoms with Gasteiger partial charge in [-0.1, -0.05) is 49.0 Å². The summed E-state index contributed by atoms with van der Waals surface area (Å²) in [6.45, 7) is 40.7. The molecule has 5 rings (SSSR count). The van der Waals surface area contributed by atoms with Gasteiger partial charge < -0.3 is 5.11 Å². The van der Waals surface area contributed by atoms with Crippen LogP contribution in [0.2, 0.25) is 0 Å². The van der Waals surface area contributed by atoms with Crippen molar-refractivity contribution in [1.29, 1.82) is 0 Å². The molecule has 3 fully saturated rings. The van der Waals surface area contributed by atoms with E-state index in [9.17, 15) is 4.79 Å². The third-order valence-corrected chi connectivity index (χ3v) is 9.48. The molecule has 0 aromatic carbocycles. The van der Waals surface area contributed by atoms with E-state index in [0.717, 1.165) is 43.1 Å². The van der Waals surface area contributed by atoms with Gasteiger partial charge in [-0.05, 0) is 134 Å². The van der Waals surface area contributed by atoms with Crippen molar-refractivity contribution in [3.63, 3.8) is 0 Å². The van der Waals surface area contributed by atoms with Crippen molar-refractivity contribution in [2.75, 3.05) is 19.6 Å². The van der Waals surface area contributed by atoms with Crippen LogP contribution in [0.5, 0.6) is 0 Å². The summed E-state index contributed by atoms with van der Waals surface area (Å²) in [6, 6.07) is 1.35. The Bertz CT molecular complexity index is 1120. The number of aromatic nitrogens is 6. The van der Waals surface area contributed by atoms with E-state index in [1.165, 1.54) is 51.4 Å². The quantitative estimate of drug-likeness (QED) is 0.265. The van der Waals surface area contributed by atoms with Crippen molar-refractivity contribution < 1.29 is 9.90 Å². The largest absolute Gasteiger partial charge is 0.480 e. The molecule has 11 nitrogen and oxygen atoms in total. The van der Waals surface area contributed by atoms with Crippen molar-refractivity contribution in [2.24, 2.45) is 0 Å². The fourth-order valence-electron chi connectivity index (χ4n) is 6.82. The molecule has 2 aromatic rings. The van der Waals surface area contributed by atoms with E-state index in [-0.39, 0.29) is 29.8 Å². The summed E-state index contributed by atoms with van der Waals surface area (Å²) in [5.74, 6) is 1.19. The number of carbonyl (C=O) groups is 1. The first-order valence-corrected chi connectivity index (χ1v) is 18.9. The minimum Gasteiger partial charge on any atom is -0.480 e. The van der Waals surface area contributed by atoms with Gasteiger partial charge in [0, 0.05) is 39.5 Å². The minimum atomic E-state index is -0.678. The summed E-state index contributed by atoms with van der Waals surface area (Å²) in [4.78, 5) is 26.1. The van der Waals surface area contributed by atoms with Gasteiger partial charge in [-0.3, -0.25) is 29.7 Å². The van der Waals surface area contributed by atoms with Crippen LogP contribution in [0.3, 0.4) is 0 Å². The van der Waals surface area contributed by atoms with Gasteiger partial charge in [0.15, 0.2) is 0 Å². The first-order valence-electron chi connectivity index (χ1n) is 18.9. The number of carboxylic acids is 1. The highest BCUT2D eigenvalue weighted by atomic mass is 16.4. The zero-order valence-electron chi connectivity index (χ0n) is 35.2. The molecule has 298 valence electrons. The van der Waals surface area contributed by atoms with Crippen LogP contribution < -0.4 is 0 Å².